The number of carboxylic acids is 1. The fraction of sp³-hybridized carbons (Fsp3) is 0.571. The fourth-order valence-corrected chi connectivity index (χ4v) is 2.73. The van der Waals surface area contributed by atoms with Crippen molar-refractivity contribution >= 4 is 11.8 Å². The molecule has 0 bridgehead atoms. The standard InChI is InChI=1S/C14H17FN2O9/c15-6-4-17(13(24)16-11(6)23)12-14(25,10(22)7(5-18)26-12)8(19)2-1-3-9(20)21/h4,7,10,12,18,22,25H,1-3,5H2,(H,20,21)(H,16,23,24)/t7-,10-,12-,14-/m1/s1. The number of hydrogen-bond donors (Lipinski definition) is 5. The predicted octanol–water partition coefficient (Wildman–Crippen LogP) is -2.52. The molecule has 0 radical (unpaired) electrons. The number of carbonyl (C=O) groups is 2. The topological polar surface area (TPSA) is 179 Å². The highest BCUT2D eigenvalue weighted by Gasteiger charge is 2.60. The predicted molar refractivity (Wildman–Crippen MR) is 79.7 cm³/mol. The molecular formula is C14H17FN2O9. The van der Waals surface area contributed by atoms with Gasteiger partial charge in [0.2, 0.25) is 5.82 Å². The molecule has 1 aromatic heterocycles. The van der Waals surface area contributed by atoms with Crippen molar-refractivity contribution in [2.24, 2.45) is 0 Å². The number of ether oxygens (including phenoxy) is 1. The van der Waals surface area contributed by atoms with Crippen LogP contribution in [0, 0.1) is 5.82 Å². The van der Waals surface area contributed by atoms with Gasteiger partial charge in [0, 0.05) is 12.8 Å². The van der Waals surface area contributed by atoms with E-state index in [0.29, 0.717) is 10.8 Å². The first kappa shape index (κ1) is 19.9. The molecule has 0 spiro atoms. The maximum atomic E-state index is 13.5. The Morgan fingerprint density at radius 3 is 2.58 bits per heavy atom. The van der Waals surface area contributed by atoms with Gasteiger partial charge in [-0.15, -0.1) is 0 Å². The highest BCUT2D eigenvalue weighted by molar-refractivity contribution is 5.89. The monoisotopic (exact) mass is 376 g/mol. The third kappa shape index (κ3) is 3.44. The number of halogens is 1. The SMILES string of the molecule is O=C(O)CCCC(=O)[C@@]1(O)[C@H](O)[C@@H](CO)O[C@H]1n1cc(F)c(=O)[nH]c1=O. The second kappa shape index (κ2) is 7.45. The van der Waals surface area contributed by atoms with Crippen LogP contribution in [0.3, 0.4) is 0 Å². The van der Waals surface area contributed by atoms with Crippen LogP contribution in [0.25, 0.3) is 0 Å². The Hall–Kier alpha value is -2.41. The van der Waals surface area contributed by atoms with E-state index in [1.165, 1.54) is 0 Å². The summed E-state index contributed by atoms with van der Waals surface area (Å²) >= 11 is 0. The summed E-state index contributed by atoms with van der Waals surface area (Å²) in [7, 11) is 0. The molecule has 26 heavy (non-hydrogen) atoms. The van der Waals surface area contributed by atoms with Crippen LogP contribution in [0.1, 0.15) is 25.5 Å². The number of hydrogen-bond acceptors (Lipinski definition) is 8. The van der Waals surface area contributed by atoms with Gasteiger partial charge in [0.1, 0.15) is 12.2 Å². The number of aromatic amines is 1. The minimum Gasteiger partial charge on any atom is -0.481 e. The first-order valence-electron chi connectivity index (χ1n) is 7.55. The lowest BCUT2D eigenvalue weighted by atomic mass is 9.86. The quantitative estimate of drug-likeness (QED) is 0.343. The largest absolute Gasteiger partial charge is 0.481 e. The van der Waals surface area contributed by atoms with Crippen LogP contribution in [0.2, 0.25) is 0 Å². The third-order valence-electron chi connectivity index (χ3n) is 4.08. The Kier molecular flexibility index (Phi) is 5.71. The van der Waals surface area contributed by atoms with E-state index in [4.69, 9.17) is 9.84 Å². The summed E-state index contributed by atoms with van der Waals surface area (Å²) in [6.45, 7) is -0.830. The van der Waals surface area contributed by atoms with Crippen LogP contribution in [0.15, 0.2) is 15.8 Å². The van der Waals surface area contributed by atoms with Crippen LogP contribution in [0.5, 0.6) is 0 Å². The van der Waals surface area contributed by atoms with Crippen molar-refractivity contribution in [1.29, 1.82) is 0 Å². The van der Waals surface area contributed by atoms with Crippen LogP contribution >= 0.6 is 0 Å². The zero-order valence-corrected chi connectivity index (χ0v) is 13.3. The Labute approximate surface area is 144 Å². The molecule has 144 valence electrons. The van der Waals surface area contributed by atoms with Crippen LogP contribution in [-0.4, -0.2) is 66.1 Å². The summed E-state index contributed by atoms with van der Waals surface area (Å²) in [6.07, 6.45) is -6.04. The number of aliphatic hydroxyl groups is 3. The second-order valence-corrected chi connectivity index (χ2v) is 5.79. The zero-order chi connectivity index (χ0) is 19.6. The number of nitrogens with one attached hydrogen (secondary N) is 1. The van der Waals surface area contributed by atoms with Crippen molar-refractivity contribution in [3.8, 4) is 0 Å². The highest BCUT2D eigenvalue weighted by Crippen LogP contribution is 2.39. The summed E-state index contributed by atoms with van der Waals surface area (Å²) in [5.74, 6) is -3.65. The molecule has 0 aromatic carbocycles. The molecule has 12 heteroatoms. The number of aliphatic hydroxyl groups excluding tert-OH is 2. The van der Waals surface area contributed by atoms with E-state index < -0.39 is 65.9 Å². The molecule has 2 rings (SSSR count). The first-order valence-corrected chi connectivity index (χ1v) is 7.55. The van der Waals surface area contributed by atoms with Gasteiger partial charge in [0.05, 0.1) is 12.8 Å². The molecular weight excluding hydrogens is 359 g/mol. The molecule has 11 nitrogen and oxygen atoms in total. The van der Waals surface area contributed by atoms with E-state index in [-0.39, 0.29) is 12.8 Å². The van der Waals surface area contributed by atoms with Crippen LogP contribution < -0.4 is 11.2 Å². The molecule has 1 fully saturated rings. The number of aliphatic carboxylic acids is 1. The number of carboxylic acid groups (broad SMARTS) is 1. The van der Waals surface area contributed by atoms with Crippen molar-refractivity contribution in [3.63, 3.8) is 0 Å². The number of aromatic nitrogens is 2. The molecule has 1 saturated heterocycles. The summed E-state index contributed by atoms with van der Waals surface area (Å²) in [4.78, 5) is 47.6. The molecule has 4 atom stereocenters. The van der Waals surface area contributed by atoms with Gasteiger partial charge in [-0.2, -0.15) is 4.39 Å². The molecule has 5 N–H and O–H groups in total. The molecule has 1 aromatic rings. The molecule has 0 amide bonds. The summed E-state index contributed by atoms with van der Waals surface area (Å²) in [5.41, 5.74) is -5.32. The molecule has 1 aliphatic rings. The normalized spacial score (nSPS) is 28.2. The number of carbonyl (C=O) groups excluding carboxylic acids is 1. The maximum Gasteiger partial charge on any atom is 0.330 e. The summed E-state index contributed by atoms with van der Waals surface area (Å²) in [6, 6.07) is 0. The molecule has 0 saturated carbocycles. The van der Waals surface area contributed by atoms with Crippen molar-refractivity contribution in [3.05, 3.63) is 32.9 Å². The van der Waals surface area contributed by atoms with E-state index in [2.05, 4.69) is 0 Å². The van der Waals surface area contributed by atoms with E-state index in [0.717, 1.165) is 0 Å². The number of H-pyrrole nitrogens is 1. The molecule has 2 heterocycles. The lowest BCUT2D eigenvalue weighted by Gasteiger charge is -2.30. The van der Waals surface area contributed by atoms with Gasteiger partial charge in [0.15, 0.2) is 17.6 Å². The lowest BCUT2D eigenvalue weighted by molar-refractivity contribution is -0.159. The first-order chi connectivity index (χ1) is 12.1. The van der Waals surface area contributed by atoms with E-state index in [9.17, 15) is 38.9 Å². The van der Waals surface area contributed by atoms with Gasteiger partial charge >= 0.3 is 11.7 Å². The van der Waals surface area contributed by atoms with Gasteiger partial charge in [-0.05, 0) is 6.42 Å². The van der Waals surface area contributed by atoms with Gasteiger partial charge < -0.3 is 25.2 Å². The number of ketones is 1. The van der Waals surface area contributed by atoms with Gasteiger partial charge in [-0.25, -0.2) is 4.79 Å². The van der Waals surface area contributed by atoms with E-state index >= 15 is 0 Å². The van der Waals surface area contributed by atoms with Crippen molar-refractivity contribution < 1.29 is 39.1 Å². The number of Topliss-reactive ketones (excluding diaryl/α,β-unsaturated/α-hetero) is 1. The number of nitrogens with zero attached hydrogens (tertiary/aromatic N) is 1. The summed E-state index contributed by atoms with van der Waals surface area (Å²) in [5, 5.41) is 38.8. The average Bonchev–Trinajstić information content (AvgIpc) is 2.83. The van der Waals surface area contributed by atoms with Crippen molar-refractivity contribution in [2.45, 2.75) is 43.3 Å². The van der Waals surface area contributed by atoms with Crippen LogP contribution in [0.4, 0.5) is 4.39 Å². The van der Waals surface area contributed by atoms with Gasteiger partial charge in [0.25, 0.3) is 5.56 Å². The Balaban J connectivity index is 2.44. The van der Waals surface area contributed by atoms with E-state index in [1.807, 2.05) is 0 Å². The lowest BCUT2D eigenvalue weighted by Crippen LogP contribution is -2.55. The highest BCUT2D eigenvalue weighted by atomic mass is 19.1. The smallest absolute Gasteiger partial charge is 0.330 e. The van der Waals surface area contributed by atoms with E-state index in [1.54, 1.807) is 4.98 Å². The Morgan fingerprint density at radius 2 is 2.00 bits per heavy atom. The van der Waals surface area contributed by atoms with Gasteiger partial charge in [-0.3, -0.25) is 23.9 Å². The van der Waals surface area contributed by atoms with Gasteiger partial charge in [-0.1, -0.05) is 0 Å². The minimum absolute atomic E-state index is 0.172. The fourth-order valence-electron chi connectivity index (χ4n) is 2.73. The Bertz CT molecular complexity index is 819. The average molecular weight is 376 g/mol. The molecule has 0 aliphatic carbocycles. The molecule has 0 unspecified atom stereocenters. The second-order valence-electron chi connectivity index (χ2n) is 5.79. The van der Waals surface area contributed by atoms with Crippen LogP contribution in [-0.2, 0) is 14.3 Å². The molecule has 1 aliphatic heterocycles. The Morgan fingerprint density at radius 1 is 1.35 bits per heavy atom. The van der Waals surface area contributed by atoms with Crippen molar-refractivity contribution in [2.75, 3.05) is 6.61 Å². The third-order valence-corrected chi connectivity index (χ3v) is 4.08. The van der Waals surface area contributed by atoms with Crippen molar-refractivity contribution in [1.82, 2.24) is 9.55 Å². The maximum absolute atomic E-state index is 13.5. The minimum atomic E-state index is -2.76. The zero-order valence-electron chi connectivity index (χ0n) is 13.3. The number of rotatable bonds is 7. The summed E-state index contributed by atoms with van der Waals surface area (Å²) < 4.78 is 19.0.